The first-order valence-electron chi connectivity index (χ1n) is 5.46. The van der Waals surface area contributed by atoms with E-state index in [-0.39, 0.29) is 0 Å². The topological polar surface area (TPSA) is 22.1 Å². The summed E-state index contributed by atoms with van der Waals surface area (Å²) in [6.45, 7) is 1.83. The van der Waals surface area contributed by atoms with E-state index in [1.165, 1.54) is 36.4 Å². The lowest BCUT2D eigenvalue weighted by Gasteiger charge is -2.19. The Morgan fingerprint density at radius 2 is 2.21 bits per heavy atom. The van der Waals surface area contributed by atoms with Crippen LogP contribution in [0.2, 0.25) is 0 Å². The number of ether oxygens (including phenoxy) is 1. The highest BCUT2D eigenvalue weighted by Gasteiger charge is 2.27. The quantitative estimate of drug-likeness (QED) is 0.747. The van der Waals surface area contributed by atoms with Gasteiger partial charge in [0, 0.05) is 23.8 Å². The molecule has 1 aliphatic carbocycles. The molecular weight excluding hydrogens is 194 g/mol. The van der Waals surface area contributed by atoms with Crippen molar-refractivity contribution in [3.05, 3.63) is 16.1 Å². The lowest BCUT2D eigenvalue weighted by molar-refractivity contribution is 0.0803. The van der Waals surface area contributed by atoms with Gasteiger partial charge in [-0.2, -0.15) is 0 Å². The normalized spacial score (nSPS) is 27.9. The molecule has 0 N–H and O–H groups in total. The number of rotatable bonds is 2. The summed E-state index contributed by atoms with van der Waals surface area (Å²) in [5.74, 6) is 1.38. The van der Waals surface area contributed by atoms with Crippen LogP contribution in [-0.2, 0) is 4.74 Å². The minimum Gasteiger partial charge on any atom is -0.381 e. The molecule has 0 bridgehead atoms. The van der Waals surface area contributed by atoms with Gasteiger partial charge in [0.25, 0.3) is 0 Å². The second-order valence-corrected chi connectivity index (χ2v) is 5.19. The summed E-state index contributed by atoms with van der Waals surface area (Å²) in [4.78, 5) is 4.73. The van der Waals surface area contributed by atoms with Crippen LogP contribution in [0.5, 0.6) is 0 Å². The van der Waals surface area contributed by atoms with Crippen molar-refractivity contribution < 1.29 is 4.74 Å². The molecule has 1 atom stereocenters. The zero-order valence-corrected chi connectivity index (χ0v) is 9.05. The average Bonchev–Trinajstić information content (AvgIpc) is 2.98. The van der Waals surface area contributed by atoms with Gasteiger partial charge in [0.05, 0.1) is 17.3 Å². The number of aromatic nitrogens is 1. The van der Waals surface area contributed by atoms with Gasteiger partial charge < -0.3 is 4.74 Å². The maximum Gasteiger partial charge on any atom is 0.0982 e. The molecule has 0 spiro atoms. The molecule has 76 valence electrons. The van der Waals surface area contributed by atoms with Crippen LogP contribution in [0.3, 0.4) is 0 Å². The first-order chi connectivity index (χ1) is 6.93. The average molecular weight is 209 g/mol. The van der Waals surface area contributed by atoms with Gasteiger partial charge in [-0.25, -0.2) is 4.98 Å². The maximum atomic E-state index is 5.49. The standard InChI is InChI=1S/C11H15NOS/c1-2-9(6-13-5-1)11-12-10(7-14-11)8-3-4-8/h7-9H,1-6H2. The Morgan fingerprint density at radius 3 is 2.93 bits per heavy atom. The molecule has 14 heavy (non-hydrogen) atoms. The van der Waals surface area contributed by atoms with Gasteiger partial charge in [-0.05, 0) is 25.7 Å². The van der Waals surface area contributed by atoms with Gasteiger partial charge in [0.1, 0.15) is 0 Å². The molecule has 0 amide bonds. The molecule has 2 heterocycles. The Bertz CT molecular complexity index is 313. The first kappa shape index (κ1) is 8.86. The van der Waals surface area contributed by atoms with Gasteiger partial charge in [0.2, 0.25) is 0 Å². The van der Waals surface area contributed by atoms with E-state index in [1.807, 2.05) is 11.3 Å². The summed E-state index contributed by atoms with van der Waals surface area (Å²) >= 11 is 1.83. The summed E-state index contributed by atoms with van der Waals surface area (Å²) in [5, 5.41) is 3.56. The number of hydrogen-bond acceptors (Lipinski definition) is 3. The fourth-order valence-corrected chi connectivity index (χ4v) is 3.01. The Kier molecular flexibility index (Phi) is 2.30. The minimum atomic E-state index is 0.584. The molecule has 1 saturated heterocycles. The molecule has 1 aliphatic heterocycles. The van der Waals surface area contributed by atoms with E-state index in [0.717, 1.165) is 19.1 Å². The van der Waals surface area contributed by atoms with Crippen molar-refractivity contribution in [2.45, 2.75) is 37.5 Å². The Hall–Kier alpha value is -0.410. The van der Waals surface area contributed by atoms with Crippen molar-refractivity contribution in [1.29, 1.82) is 0 Å². The van der Waals surface area contributed by atoms with E-state index >= 15 is 0 Å². The van der Waals surface area contributed by atoms with Crippen LogP contribution >= 0.6 is 11.3 Å². The second-order valence-electron chi connectivity index (χ2n) is 4.30. The Morgan fingerprint density at radius 1 is 1.29 bits per heavy atom. The van der Waals surface area contributed by atoms with Crippen molar-refractivity contribution in [3.63, 3.8) is 0 Å². The Balaban J connectivity index is 1.74. The highest BCUT2D eigenvalue weighted by Crippen LogP contribution is 2.41. The van der Waals surface area contributed by atoms with E-state index < -0.39 is 0 Å². The van der Waals surface area contributed by atoms with Crippen molar-refractivity contribution in [3.8, 4) is 0 Å². The third-order valence-corrected chi connectivity index (χ3v) is 4.07. The smallest absolute Gasteiger partial charge is 0.0982 e. The molecule has 1 unspecified atom stereocenters. The number of nitrogens with zero attached hydrogens (tertiary/aromatic N) is 1. The van der Waals surface area contributed by atoms with E-state index in [1.54, 1.807) is 0 Å². The summed E-state index contributed by atoms with van der Waals surface area (Å²) in [6.07, 6.45) is 5.16. The summed E-state index contributed by atoms with van der Waals surface area (Å²) in [6, 6.07) is 0. The van der Waals surface area contributed by atoms with Crippen molar-refractivity contribution in [1.82, 2.24) is 4.98 Å². The van der Waals surface area contributed by atoms with Crippen molar-refractivity contribution in [2.75, 3.05) is 13.2 Å². The largest absolute Gasteiger partial charge is 0.381 e. The molecule has 2 aliphatic rings. The van der Waals surface area contributed by atoms with Gasteiger partial charge in [-0.15, -0.1) is 11.3 Å². The third-order valence-electron chi connectivity index (χ3n) is 3.04. The van der Waals surface area contributed by atoms with Crippen LogP contribution in [0, 0.1) is 0 Å². The monoisotopic (exact) mass is 209 g/mol. The van der Waals surface area contributed by atoms with Crippen molar-refractivity contribution in [2.24, 2.45) is 0 Å². The SMILES string of the molecule is c1sc(C2CCCOC2)nc1C1CC1. The Labute approximate surface area is 88.3 Å². The molecule has 0 aromatic carbocycles. The molecule has 2 fully saturated rings. The summed E-state index contributed by atoms with van der Waals surface area (Å²) in [7, 11) is 0. The predicted molar refractivity (Wildman–Crippen MR) is 56.9 cm³/mol. The molecule has 3 heteroatoms. The first-order valence-corrected chi connectivity index (χ1v) is 6.34. The molecule has 0 radical (unpaired) electrons. The number of hydrogen-bond donors (Lipinski definition) is 0. The van der Waals surface area contributed by atoms with E-state index in [2.05, 4.69) is 5.38 Å². The third kappa shape index (κ3) is 1.71. The highest BCUT2D eigenvalue weighted by atomic mass is 32.1. The fraction of sp³-hybridized carbons (Fsp3) is 0.727. The molecule has 1 saturated carbocycles. The summed E-state index contributed by atoms with van der Waals surface area (Å²) < 4.78 is 5.49. The molecule has 1 aromatic rings. The maximum absolute atomic E-state index is 5.49. The molecule has 3 rings (SSSR count). The summed E-state index contributed by atoms with van der Waals surface area (Å²) in [5.41, 5.74) is 1.34. The number of thiazole rings is 1. The second kappa shape index (κ2) is 3.63. The van der Waals surface area contributed by atoms with Gasteiger partial charge >= 0.3 is 0 Å². The van der Waals surface area contributed by atoms with Gasteiger partial charge in [-0.1, -0.05) is 0 Å². The van der Waals surface area contributed by atoms with Crippen LogP contribution in [-0.4, -0.2) is 18.2 Å². The van der Waals surface area contributed by atoms with Crippen molar-refractivity contribution >= 4 is 11.3 Å². The van der Waals surface area contributed by atoms with Crippen LogP contribution < -0.4 is 0 Å². The lowest BCUT2D eigenvalue weighted by Crippen LogP contribution is -2.15. The molecule has 2 nitrogen and oxygen atoms in total. The van der Waals surface area contributed by atoms with E-state index in [0.29, 0.717) is 5.92 Å². The van der Waals surface area contributed by atoms with E-state index in [4.69, 9.17) is 9.72 Å². The van der Waals surface area contributed by atoms with Crippen LogP contribution in [0.25, 0.3) is 0 Å². The van der Waals surface area contributed by atoms with Gasteiger partial charge in [-0.3, -0.25) is 0 Å². The fourth-order valence-electron chi connectivity index (χ4n) is 1.99. The van der Waals surface area contributed by atoms with Gasteiger partial charge in [0.15, 0.2) is 0 Å². The lowest BCUT2D eigenvalue weighted by atomic mass is 10.0. The molecule has 1 aromatic heterocycles. The molecular formula is C11H15NOS. The van der Waals surface area contributed by atoms with Crippen LogP contribution in [0.15, 0.2) is 5.38 Å². The minimum absolute atomic E-state index is 0.584. The highest BCUT2D eigenvalue weighted by molar-refractivity contribution is 7.09. The zero-order chi connectivity index (χ0) is 9.38. The zero-order valence-electron chi connectivity index (χ0n) is 8.24. The van der Waals surface area contributed by atoms with Crippen LogP contribution in [0.1, 0.15) is 48.2 Å². The predicted octanol–water partition coefficient (Wildman–Crippen LogP) is 2.91. The van der Waals surface area contributed by atoms with Crippen LogP contribution in [0.4, 0.5) is 0 Å². The van der Waals surface area contributed by atoms with E-state index in [9.17, 15) is 0 Å².